The lowest BCUT2D eigenvalue weighted by atomic mass is 9.43. The standard InChI is InChI=1S/C21H31BO3/c1-13(2)14-7-8-15(17(9-14)23-6)12-22-24-19-11-16-10-18(20(16,3)4)21(19,5)25-22/h7-9,13,16,18-19H,10-12H2,1-6H3/t16-,18-,19+,21-/m0/s1. The Balaban J connectivity index is 1.52. The molecule has 4 atom stereocenters. The summed E-state index contributed by atoms with van der Waals surface area (Å²) >= 11 is 0. The average Bonchev–Trinajstić information content (AvgIpc) is 2.90. The number of hydrogen-bond donors (Lipinski definition) is 0. The van der Waals surface area contributed by atoms with Gasteiger partial charge in [-0.15, -0.1) is 0 Å². The molecule has 0 amide bonds. The summed E-state index contributed by atoms with van der Waals surface area (Å²) in [5.41, 5.74) is 2.73. The Labute approximate surface area is 152 Å². The van der Waals surface area contributed by atoms with Crippen LogP contribution in [0, 0.1) is 17.3 Å². The van der Waals surface area contributed by atoms with Gasteiger partial charge in [-0.1, -0.05) is 39.8 Å². The summed E-state index contributed by atoms with van der Waals surface area (Å²) in [7, 11) is 1.58. The summed E-state index contributed by atoms with van der Waals surface area (Å²) in [5.74, 6) is 2.84. The molecule has 4 fully saturated rings. The summed E-state index contributed by atoms with van der Waals surface area (Å²) in [6.45, 7) is 11.5. The summed E-state index contributed by atoms with van der Waals surface area (Å²) in [4.78, 5) is 0. The maximum absolute atomic E-state index is 6.54. The Morgan fingerprint density at radius 2 is 2.00 bits per heavy atom. The van der Waals surface area contributed by atoms with Gasteiger partial charge in [-0.3, -0.25) is 0 Å². The van der Waals surface area contributed by atoms with Crippen molar-refractivity contribution in [2.24, 2.45) is 17.3 Å². The minimum atomic E-state index is -0.163. The van der Waals surface area contributed by atoms with Gasteiger partial charge in [0.05, 0.1) is 18.8 Å². The van der Waals surface area contributed by atoms with Gasteiger partial charge in [-0.05, 0) is 60.1 Å². The Kier molecular flexibility index (Phi) is 4.01. The predicted octanol–water partition coefficient (Wildman–Crippen LogP) is 4.63. The molecule has 0 spiro atoms. The molecule has 136 valence electrons. The fourth-order valence-corrected chi connectivity index (χ4v) is 5.51. The molecule has 0 radical (unpaired) electrons. The van der Waals surface area contributed by atoms with Crippen LogP contribution in [0.25, 0.3) is 0 Å². The van der Waals surface area contributed by atoms with Crippen LogP contribution in [0.3, 0.4) is 0 Å². The van der Waals surface area contributed by atoms with Crippen LogP contribution < -0.4 is 4.74 Å². The van der Waals surface area contributed by atoms with Crippen LogP contribution in [0.4, 0.5) is 0 Å². The summed E-state index contributed by atoms with van der Waals surface area (Å²) < 4.78 is 18.5. The van der Waals surface area contributed by atoms with E-state index < -0.39 is 0 Å². The molecule has 1 aliphatic heterocycles. The van der Waals surface area contributed by atoms with Gasteiger partial charge in [0.2, 0.25) is 0 Å². The molecular weight excluding hydrogens is 311 g/mol. The van der Waals surface area contributed by atoms with E-state index in [1.165, 1.54) is 17.5 Å². The smallest absolute Gasteiger partial charge is 0.462 e. The monoisotopic (exact) mass is 342 g/mol. The molecule has 2 bridgehead atoms. The van der Waals surface area contributed by atoms with E-state index in [-0.39, 0.29) is 18.8 Å². The first-order valence-electron chi connectivity index (χ1n) is 9.75. The Morgan fingerprint density at radius 3 is 2.64 bits per heavy atom. The minimum Gasteiger partial charge on any atom is -0.496 e. The third-order valence-corrected chi connectivity index (χ3v) is 7.37. The van der Waals surface area contributed by atoms with Gasteiger partial charge < -0.3 is 14.0 Å². The van der Waals surface area contributed by atoms with Crippen LogP contribution in [-0.2, 0) is 15.6 Å². The zero-order valence-corrected chi connectivity index (χ0v) is 16.5. The molecule has 1 saturated heterocycles. The molecule has 5 rings (SSSR count). The Morgan fingerprint density at radius 1 is 1.24 bits per heavy atom. The largest absolute Gasteiger partial charge is 0.496 e. The fraction of sp³-hybridized carbons (Fsp3) is 0.714. The van der Waals surface area contributed by atoms with E-state index in [0.717, 1.165) is 24.4 Å². The van der Waals surface area contributed by atoms with Crippen molar-refractivity contribution in [2.45, 2.75) is 71.4 Å². The molecule has 25 heavy (non-hydrogen) atoms. The molecule has 1 aromatic rings. The van der Waals surface area contributed by atoms with Crippen molar-refractivity contribution in [1.29, 1.82) is 0 Å². The van der Waals surface area contributed by atoms with Crippen LogP contribution in [0.15, 0.2) is 18.2 Å². The van der Waals surface area contributed by atoms with Crippen LogP contribution in [0.2, 0.25) is 0 Å². The molecule has 1 aromatic carbocycles. The first-order valence-corrected chi connectivity index (χ1v) is 9.75. The van der Waals surface area contributed by atoms with Crippen molar-refractivity contribution in [3.8, 4) is 5.75 Å². The van der Waals surface area contributed by atoms with Crippen molar-refractivity contribution in [1.82, 2.24) is 0 Å². The van der Waals surface area contributed by atoms with Gasteiger partial charge in [0.25, 0.3) is 0 Å². The minimum absolute atomic E-state index is 0.131. The predicted molar refractivity (Wildman–Crippen MR) is 101 cm³/mol. The molecule has 0 unspecified atom stereocenters. The third-order valence-electron chi connectivity index (χ3n) is 7.37. The van der Waals surface area contributed by atoms with E-state index in [2.05, 4.69) is 52.8 Å². The molecule has 0 N–H and O–H groups in total. The SMILES string of the molecule is COc1cc(C(C)C)ccc1CB1O[C@@H]2C[C@@H]3C[C@@H](C3(C)C)[C@]2(C)O1. The maximum Gasteiger partial charge on any atom is 0.462 e. The molecule has 3 saturated carbocycles. The number of hydrogen-bond acceptors (Lipinski definition) is 3. The van der Waals surface area contributed by atoms with Gasteiger partial charge in [-0.25, -0.2) is 0 Å². The molecule has 4 heteroatoms. The molecule has 3 nitrogen and oxygen atoms in total. The lowest BCUT2D eigenvalue weighted by molar-refractivity contribution is -0.199. The van der Waals surface area contributed by atoms with Crippen molar-refractivity contribution < 1.29 is 14.0 Å². The normalized spacial score (nSPS) is 35.5. The number of ether oxygens (including phenoxy) is 1. The number of methoxy groups -OCH3 is 1. The lowest BCUT2D eigenvalue weighted by Gasteiger charge is -2.64. The van der Waals surface area contributed by atoms with Crippen molar-refractivity contribution >= 4 is 7.12 Å². The van der Waals surface area contributed by atoms with Gasteiger partial charge in [0.15, 0.2) is 0 Å². The van der Waals surface area contributed by atoms with E-state index in [1.807, 2.05) is 0 Å². The summed E-state index contributed by atoms with van der Waals surface area (Å²) in [6, 6.07) is 6.53. The molecule has 1 heterocycles. The highest BCUT2D eigenvalue weighted by atomic mass is 16.7. The second-order valence-electron chi connectivity index (χ2n) is 9.33. The Hall–Kier alpha value is -0.995. The van der Waals surface area contributed by atoms with Crippen LogP contribution in [-0.4, -0.2) is 25.9 Å². The second-order valence-corrected chi connectivity index (χ2v) is 9.33. The topological polar surface area (TPSA) is 27.7 Å². The Bertz CT molecular complexity index is 671. The van der Waals surface area contributed by atoms with E-state index >= 15 is 0 Å². The van der Waals surface area contributed by atoms with Crippen molar-refractivity contribution in [3.05, 3.63) is 29.3 Å². The van der Waals surface area contributed by atoms with Gasteiger partial charge in [0, 0.05) is 6.32 Å². The molecule has 0 aromatic heterocycles. The average molecular weight is 342 g/mol. The van der Waals surface area contributed by atoms with Gasteiger partial charge in [-0.2, -0.15) is 0 Å². The first-order chi connectivity index (χ1) is 11.8. The van der Waals surface area contributed by atoms with E-state index in [9.17, 15) is 0 Å². The highest BCUT2D eigenvalue weighted by Gasteiger charge is 2.67. The lowest BCUT2D eigenvalue weighted by Crippen LogP contribution is -2.65. The second kappa shape index (κ2) is 5.75. The van der Waals surface area contributed by atoms with Crippen LogP contribution in [0.1, 0.15) is 64.5 Å². The molecule has 4 aliphatic rings. The fourth-order valence-electron chi connectivity index (χ4n) is 5.51. The summed E-state index contributed by atoms with van der Waals surface area (Å²) in [5, 5.41) is 0. The number of benzene rings is 1. The number of rotatable bonds is 4. The van der Waals surface area contributed by atoms with Gasteiger partial charge in [0.1, 0.15) is 5.75 Å². The molecule has 3 aliphatic carbocycles. The van der Waals surface area contributed by atoms with E-state index in [1.54, 1.807) is 7.11 Å². The molecular formula is C21H31BO3. The quantitative estimate of drug-likeness (QED) is 0.747. The van der Waals surface area contributed by atoms with Crippen molar-refractivity contribution in [2.75, 3.05) is 7.11 Å². The van der Waals surface area contributed by atoms with Crippen LogP contribution >= 0.6 is 0 Å². The highest BCUT2D eigenvalue weighted by Crippen LogP contribution is 2.65. The van der Waals surface area contributed by atoms with Crippen molar-refractivity contribution in [3.63, 3.8) is 0 Å². The van der Waals surface area contributed by atoms with Crippen LogP contribution in [0.5, 0.6) is 5.75 Å². The third kappa shape index (κ3) is 2.56. The zero-order chi connectivity index (χ0) is 18.0. The van der Waals surface area contributed by atoms with E-state index in [0.29, 0.717) is 17.3 Å². The first kappa shape index (κ1) is 17.4. The summed E-state index contributed by atoms with van der Waals surface area (Å²) in [6.07, 6.45) is 3.43. The van der Waals surface area contributed by atoms with E-state index in [4.69, 9.17) is 14.0 Å². The highest BCUT2D eigenvalue weighted by molar-refractivity contribution is 6.45. The maximum atomic E-state index is 6.54. The zero-order valence-electron chi connectivity index (χ0n) is 16.5. The van der Waals surface area contributed by atoms with Gasteiger partial charge >= 0.3 is 7.12 Å².